The Kier molecular flexibility index (Phi) is 6.34. The molecule has 2 atom stereocenters. The van der Waals surface area contributed by atoms with Gasteiger partial charge in [-0.25, -0.2) is 17.2 Å². The van der Waals surface area contributed by atoms with Crippen molar-refractivity contribution in [3.05, 3.63) is 35.4 Å². The zero-order chi connectivity index (χ0) is 18.6. The fraction of sp³-hybridized carbons (Fsp3) is 0.562. The molecule has 0 saturated carbocycles. The van der Waals surface area contributed by atoms with Gasteiger partial charge in [-0.1, -0.05) is 6.07 Å². The maximum Gasteiger partial charge on any atom is 0.191 e. The molecular formula is C16H24F2N4O2S. The van der Waals surface area contributed by atoms with E-state index in [9.17, 15) is 17.2 Å². The van der Waals surface area contributed by atoms with E-state index in [2.05, 4.69) is 15.6 Å². The summed E-state index contributed by atoms with van der Waals surface area (Å²) < 4.78 is 51.2. The number of likely N-dealkylation sites (N-methyl/N-ethyl adjacent to an activating group) is 1. The lowest BCUT2D eigenvalue weighted by Gasteiger charge is -2.27. The number of rotatable bonds is 5. The number of aliphatic imine (C=N–C) groups is 1. The van der Waals surface area contributed by atoms with Gasteiger partial charge in [-0.15, -0.1) is 0 Å². The second-order valence-electron chi connectivity index (χ2n) is 6.31. The van der Waals surface area contributed by atoms with Crippen LogP contribution in [0.2, 0.25) is 0 Å². The zero-order valence-electron chi connectivity index (χ0n) is 14.6. The minimum absolute atomic E-state index is 0.0149. The average molecular weight is 374 g/mol. The SMILES string of the molecule is CN=C(NCC(c1c(F)cccc1F)N(C)C)NC1CCS(=O)(=O)C1. The van der Waals surface area contributed by atoms with Crippen LogP contribution in [0.1, 0.15) is 18.0 Å². The van der Waals surface area contributed by atoms with Crippen LogP contribution in [0.25, 0.3) is 0 Å². The van der Waals surface area contributed by atoms with E-state index < -0.39 is 27.5 Å². The van der Waals surface area contributed by atoms with Crippen molar-refractivity contribution < 1.29 is 17.2 Å². The zero-order valence-corrected chi connectivity index (χ0v) is 15.4. The van der Waals surface area contributed by atoms with Crippen LogP contribution < -0.4 is 10.6 Å². The number of hydrogen-bond donors (Lipinski definition) is 2. The van der Waals surface area contributed by atoms with Crippen LogP contribution in [0.3, 0.4) is 0 Å². The van der Waals surface area contributed by atoms with Crippen molar-refractivity contribution in [3.8, 4) is 0 Å². The highest BCUT2D eigenvalue weighted by molar-refractivity contribution is 7.91. The van der Waals surface area contributed by atoms with Gasteiger partial charge in [0.15, 0.2) is 15.8 Å². The summed E-state index contributed by atoms with van der Waals surface area (Å²) in [5.41, 5.74) is -0.0149. The van der Waals surface area contributed by atoms with E-state index >= 15 is 0 Å². The van der Waals surface area contributed by atoms with Gasteiger partial charge >= 0.3 is 0 Å². The second-order valence-corrected chi connectivity index (χ2v) is 8.54. The lowest BCUT2D eigenvalue weighted by molar-refractivity contribution is 0.282. The van der Waals surface area contributed by atoms with Crippen molar-refractivity contribution in [3.63, 3.8) is 0 Å². The summed E-state index contributed by atoms with van der Waals surface area (Å²) >= 11 is 0. The maximum absolute atomic E-state index is 14.1. The van der Waals surface area contributed by atoms with Crippen LogP contribution in [-0.4, -0.2) is 64.5 Å². The lowest BCUT2D eigenvalue weighted by Crippen LogP contribution is -2.46. The summed E-state index contributed by atoms with van der Waals surface area (Å²) in [4.78, 5) is 5.77. The topological polar surface area (TPSA) is 73.8 Å². The van der Waals surface area contributed by atoms with Crippen LogP contribution in [0.15, 0.2) is 23.2 Å². The third kappa shape index (κ3) is 5.12. The van der Waals surface area contributed by atoms with Crippen LogP contribution in [0.4, 0.5) is 8.78 Å². The first kappa shape index (κ1) is 19.6. The van der Waals surface area contributed by atoms with Gasteiger partial charge < -0.3 is 15.5 Å². The van der Waals surface area contributed by atoms with Gasteiger partial charge in [0, 0.05) is 25.2 Å². The fourth-order valence-electron chi connectivity index (χ4n) is 2.86. The Morgan fingerprint density at radius 2 is 2.00 bits per heavy atom. The molecule has 0 aliphatic carbocycles. The second kappa shape index (κ2) is 8.09. The molecule has 1 aliphatic heterocycles. The van der Waals surface area contributed by atoms with E-state index in [1.807, 2.05) is 0 Å². The molecule has 1 heterocycles. The van der Waals surface area contributed by atoms with Crippen molar-refractivity contribution in [1.29, 1.82) is 0 Å². The monoisotopic (exact) mass is 374 g/mol. The van der Waals surface area contributed by atoms with Gasteiger partial charge in [0.05, 0.1) is 17.5 Å². The number of nitrogens with one attached hydrogen (secondary N) is 2. The smallest absolute Gasteiger partial charge is 0.191 e. The molecular weight excluding hydrogens is 350 g/mol. The molecule has 140 valence electrons. The van der Waals surface area contributed by atoms with Crippen molar-refractivity contribution in [1.82, 2.24) is 15.5 Å². The summed E-state index contributed by atoms with van der Waals surface area (Å²) in [6.07, 6.45) is 0.516. The molecule has 2 rings (SSSR count). The van der Waals surface area contributed by atoms with Gasteiger partial charge in [-0.05, 0) is 32.6 Å². The van der Waals surface area contributed by atoms with E-state index in [-0.39, 0.29) is 29.7 Å². The number of hydrogen-bond acceptors (Lipinski definition) is 4. The minimum Gasteiger partial charge on any atom is -0.354 e. The number of sulfone groups is 1. The summed E-state index contributed by atoms with van der Waals surface area (Å²) in [6, 6.07) is 3.03. The molecule has 1 aromatic rings. The highest BCUT2D eigenvalue weighted by Crippen LogP contribution is 2.23. The first-order valence-corrected chi connectivity index (χ1v) is 9.83. The number of halogens is 2. The first-order chi connectivity index (χ1) is 11.7. The fourth-order valence-corrected chi connectivity index (χ4v) is 4.54. The number of benzene rings is 1. The van der Waals surface area contributed by atoms with Crippen LogP contribution in [-0.2, 0) is 9.84 Å². The third-order valence-electron chi connectivity index (χ3n) is 4.22. The lowest BCUT2D eigenvalue weighted by atomic mass is 10.0. The third-order valence-corrected chi connectivity index (χ3v) is 5.98. The van der Waals surface area contributed by atoms with Crippen molar-refractivity contribution in [2.75, 3.05) is 39.2 Å². The summed E-state index contributed by atoms with van der Waals surface area (Å²) in [5.74, 6) is -0.587. The molecule has 1 aliphatic rings. The molecule has 25 heavy (non-hydrogen) atoms. The van der Waals surface area contributed by atoms with Crippen molar-refractivity contribution in [2.45, 2.75) is 18.5 Å². The van der Waals surface area contributed by atoms with Crippen molar-refractivity contribution >= 4 is 15.8 Å². The quantitative estimate of drug-likeness (QED) is 0.592. The standard InChI is InChI=1S/C16H24F2N4O2S/c1-19-16(21-11-7-8-25(23,24)10-11)20-9-14(22(2)3)15-12(17)5-4-6-13(15)18/h4-6,11,14H,7-10H2,1-3H3,(H2,19,20,21). The van der Waals surface area contributed by atoms with Gasteiger partial charge in [-0.2, -0.15) is 0 Å². The average Bonchev–Trinajstić information content (AvgIpc) is 2.87. The summed E-state index contributed by atoms with van der Waals surface area (Å²) in [5, 5.41) is 6.08. The molecule has 9 heteroatoms. The van der Waals surface area contributed by atoms with E-state index in [4.69, 9.17) is 0 Å². The Hall–Kier alpha value is -1.74. The molecule has 2 unspecified atom stereocenters. The summed E-state index contributed by atoms with van der Waals surface area (Å²) in [7, 11) is 2.03. The predicted molar refractivity (Wildman–Crippen MR) is 94.3 cm³/mol. The molecule has 1 saturated heterocycles. The maximum atomic E-state index is 14.1. The van der Waals surface area contributed by atoms with E-state index in [0.29, 0.717) is 12.4 Å². The molecule has 1 fully saturated rings. The van der Waals surface area contributed by atoms with Gasteiger partial charge in [0.1, 0.15) is 11.6 Å². The number of guanidine groups is 1. The number of nitrogens with zero attached hydrogens (tertiary/aromatic N) is 2. The van der Waals surface area contributed by atoms with Crippen LogP contribution in [0.5, 0.6) is 0 Å². The Bertz CT molecular complexity index is 717. The van der Waals surface area contributed by atoms with Gasteiger partial charge in [0.25, 0.3) is 0 Å². The summed E-state index contributed by atoms with van der Waals surface area (Å²) in [6.45, 7) is 0.212. The van der Waals surface area contributed by atoms with E-state index in [1.165, 1.54) is 18.2 Å². The Morgan fingerprint density at radius 3 is 2.48 bits per heavy atom. The van der Waals surface area contributed by atoms with Crippen LogP contribution >= 0.6 is 0 Å². The molecule has 0 radical (unpaired) electrons. The minimum atomic E-state index is -3.00. The molecule has 0 amide bonds. The molecule has 0 aromatic heterocycles. The van der Waals surface area contributed by atoms with Gasteiger partial charge in [0.2, 0.25) is 0 Å². The Labute approximate surface area is 147 Å². The largest absolute Gasteiger partial charge is 0.354 e. The highest BCUT2D eigenvalue weighted by Gasteiger charge is 2.29. The van der Waals surface area contributed by atoms with E-state index in [0.717, 1.165) is 0 Å². The molecule has 1 aromatic carbocycles. The van der Waals surface area contributed by atoms with Crippen LogP contribution in [0, 0.1) is 11.6 Å². The highest BCUT2D eigenvalue weighted by atomic mass is 32.2. The Morgan fingerprint density at radius 1 is 1.36 bits per heavy atom. The molecule has 6 nitrogen and oxygen atoms in total. The van der Waals surface area contributed by atoms with Gasteiger partial charge in [-0.3, -0.25) is 4.99 Å². The van der Waals surface area contributed by atoms with E-state index in [1.54, 1.807) is 26.0 Å². The molecule has 2 N–H and O–H groups in total. The predicted octanol–water partition coefficient (Wildman–Crippen LogP) is 0.920. The first-order valence-electron chi connectivity index (χ1n) is 8.01. The molecule has 0 bridgehead atoms. The van der Waals surface area contributed by atoms with Crippen molar-refractivity contribution in [2.24, 2.45) is 4.99 Å². The normalized spacial score (nSPS) is 21.4. The Balaban J connectivity index is 2.05. The molecule has 0 spiro atoms.